The Kier molecular flexibility index (Phi) is 9.41. The number of rotatable bonds is 9. The van der Waals surface area contributed by atoms with Crippen molar-refractivity contribution in [1.82, 2.24) is 34.1 Å². The van der Waals surface area contributed by atoms with Gasteiger partial charge in [0.25, 0.3) is 0 Å². The van der Waals surface area contributed by atoms with Crippen molar-refractivity contribution in [3.63, 3.8) is 0 Å². The first kappa shape index (κ1) is 36.8. The lowest BCUT2D eigenvalue weighted by molar-refractivity contribution is 0.865. The minimum atomic E-state index is 0.427. The molecule has 0 aliphatic carbocycles. The molecule has 3 heterocycles. The van der Waals surface area contributed by atoms with E-state index in [1.165, 1.54) is 11.1 Å². The normalized spacial score (nSPS) is 11.6. The van der Waals surface area contributed by atoms with E-state index in [1.807, 2.05) is 54.6 Å². The first-order valence-corrected chi connectivity index (χ1v) is 20.6. The number of imidazole rings is 2. The average Bonchev–Trinajstić information content (AvgIpc) is 3.89. The van der Waals surface area contributed by atoms with E-state index in [0.29, 0.717) is 29.3 Å². The van der Waals surface area contributed by atoms with Crippen LogP contribution in [0.1, 0.15) is 50.7 Å². The Morgan fingerprint density at radius 1 is 0.333 bits per heavy atom. The number of benzene rings is 7. The third kappa shape index (κ3) is 6.64. The van der Waals surface area contributed by atoms with Crippen LogP contribution in [-0.4, -0.2) is 34.1 Å². The van der Waals surface area contributed by atoms with E-state index in [-0.39, 0.29) is 0 Å². The van der Waals surface area contributed by atoms with Gasteiger partial charge < -0.3 is 0 Å². The van der Waals surface area contributed by atoms with Crippen molar-refractivity contribution in [2.45, 2.75) is 39.5 Å². The van der Waals surface area contributed by atoms with E-state index in [1.54, 1.807) is 0 Å². The van der Waals surface area contributed by atoms with Gasteiger partial charge >= 0.3 is 0 Å². The lowest BCUT2D eigenvalue weighted by Crippen LogP contribution is -2.04. The molecule has 3 aromatic heterocycles. The van der Waals surface area contributed by atoms with Crippen LogP contribution < -0.4 is 0 Å². The van der Waals surface area contributed by atoms with Crippen molar-refractivity contribution in [1.29, 1.82) is 0 Å². The summed E-state index contributed by atoms with van der Waals surface area (Å²) in [6.07, 6.45) is 0. The van der Waals surface area contributed by atoms with E-state index in [9.17, 15) is 0 Å². The molecule has 0 saturated carbocycles. The predicted molar refractivity (Wildman–Crippen MR) is 244 cm³/mol. The van der Waals surface area contributed by atoms with Crippen LogP contribution >= 0.6 is 0 Å². The predicted octanol–water partition coefficient (Wildman–Crippen LogP) is 13.1. The fourth-order valence-electron chi connectivity index (χ4n) is 8.03. The van der Waals surface area contributed by atoms with Crippen LogP contribution in [0.25, 0.3) is 90.4 Å². The molecule has 0 spiro atoms. The minimum absolute atomic E-state index is 0.427. The molecule has 0 amide bonds. The van der Waals surface area contributed by atoms with Gasteiger partial charge in [-0.3, -0.25) is 9.13 Å². The van der Waals surface area contributed by atoms with Crippen molar-refractivity contribution in [2.75, 3.05) is 0 Å². The Balaban J connectivity index is 1.19. The third-order valence-corrected chi connectivity index (χ3v) is 11.2. The van der Waals surface area contributed by atoms with Crippen molar-refractivity contribution in [2.24, 2.45) is 0 Å². The first-order valence-electron chi connectivity index (χ1n) is 20.6. The van der Waals surface area contributed by atoms with E-state index in [0.717, 1.165) is 72.9 Å². The van der Waals surface area contributed by atoms with Gasteiger partial charge in [-0.05, 0) is 71.5 Å². The zero-order valence-corrected chi connectivity index (χ0v) is 34.0. The number of fused-ring (bicyclic) bond motifs is 2. The second-order valence-corrected chi connectivity index (χ2v) is 15.8. The van der Waals surface area contributed by atoms with Gasteiger partial charge in [0.05, 0.1) is 22.1 Å². The molecule has 7 nitrogen and oxygen atoms in total. The van der Waals surface area contributed by atoms with Crippen LogP contribution in [0.5, 0.6) is 0 Å². The zero-order chi connectivity index (χ0) is 40.7. The van der Waals surface area contributed by atoms with Gasteiger partial charge in [0.2, 0.25) is 0 Å². The van der Waals surface area contributed by atoms with E-state index >= 15 is 0 Å². The summed E-state index contributed by atoms with van der Waals surface area (Å²) >= 11 is 0. The van der Waals surface area contributed by atoms with Gasteiger partial charge in [-0.1, -0.05) is 155 Å². The summed E-state index contributed by atoms with van der Waals surface area (Å²) in [4.78, 5) is 26.3. The topological polar surface area (TPSA) is 74.3 Å². The molecule has 290 valence electrons. The molecule has 10 aromatic rings. The van der Waals surface area contributed by atoms with Gasteiger partial charge in [0.1, 0.15) is 11.6 Å². The zero-order valence-electron chi connectivity index (χ0n) is 34.0. The maximum Gasteiger partial charge on any atom is 0.164 e. The summed E-state index contributed by atoms with van der Waals surface area (Å²) < 4.78 is 4.48. The molecular weight excluding hydrogens is 735 g/mol. The lowest BCUT2D eigenvalue weighted by Gasteiger charge is -2.16. The Labute approximate surface area is 349 Å². The van der Waals surface area contributed by atoms with E-state index < -0.39 is 0 Å². The van der Waals surface area contributed by atoms with Crippen LogP contribution in [0.3, 0.4) is 0 Å². The molecule has 0 radical (unpaired) electrons. The first-order chi connectivity index (χ1) is 29.4. The molecule has 0 unspecified atom stereocenters. The van der Waals surface area contributed by atoms with Crippen LogP contribution in [0, 0.1) is 0 Å². The van der Waals surface area contributed by atoms with Crippen LogP contribution in [0.2, 0.25) is 0 Å². The summed E-state index contributed by atoms with van der Waals surface area (Å²) in [6, 6.07) is 60.9. The highest BCUT2D eigenvalue weighted by Crippen LogP contribution is 2.38. The Morgan fingerprint density at radius 3 is 1.13 bits per heavy atom. The standard InChI is InChI=1S/C53H43N7/c1-34(2)36-26-30-39(31-27-36)59-47-24-14-12-22-45(47)54-52(59)43-20-10-8-18-41(43)50-56-49(38-16-6-5-7-17-38)57-51(58-50)42-19-9-11-21-44(42)53-55-46-23-13-15-25-48(46)60(53)40-32-28-37(29-33-40)35(3)4/h5-35H,1-4H3. The van der Waals surface area contributed by atoms with Gasteiger partial charge in [-0.2, -0.15) is 0 Å². The van der Waals surface area contributed by atoms with E-state index in [4.69, 9.17) is 24.9 Å². The molecule has 0 aliphatic rings. The number of nitrogens with zero attached hydrogens (tertiary/aromatic N) is 7. The molecule has 60 heavy (non-hydrogen) atoms. The smallest absolute Gasteiger partial charge is 0.164 e. The summed E-state index contributed by atoms with van der Waals surface area (Å²) in [5.41, 5.74) is 12.9. The van der Waals surface area contributed by atoms with Crippen LogP contribution in [0.4, 0.5) is 0 Å². The van der Waals surface area contributed by atoms with E-state index in [2.05, 4.69) is 158 Å². The van der Waals surface area contributed by atoms with Gasteiger partial charge in [0, 0.05) is 39.2 Å². The monoisotopic (exact) mass is 777 g/mol. The molecule has 0 N–H and O–H groups in total. The number of hydrogen-bond acceptors (Lipinski definition) is 5. The number of hydrogen-bond donors (Lipinski definition) is 0. The highest BCUT2D eigenvalue weighted by atomic mass is 15.1. The lowest BCUT2D eigenvalue weighted by atomic mass is 10.0. The second-order valence-electron chi connectivity index (χ2n) is 15.8. The second kappa shape index (κ2) is 15.3. The molecule has 0 atom stereocenters. The van der Waals surface area contributed by atoms with Crippen molar-refractivity contribution in [3.05, 3.63) is 187 Å². The SMILES string of the molecule is CC(C)c1ccc(-n2c(-c3ccccc3-c3nc(-c4ccccc4)nc(-c4ccccc4-c4nc5ccccc5n4-c4ccc(C(C)C)cc4)n3)nc3ccccc32)cc1. The van der Waals surface area contributed by atoms with Crippen LogP contribution in [0.15, 0.2) is 176 Å². The van der Waals surface area contributed by atoms with Crippen molar-refractivity contribution >= 4 is 22.1 Å². The fourth-order valence-corrected chi connectivity index (χ4v) is 8.03. The van der Waals surface area contributed by atoms with Gasteiger partial charge in [-0.15, -0.1) is 0 Å². The minimum Gasteiger partial charge on any atom is -0.292 e. The summed E-state index contributed by atoms with van der Waals surface area (Å²) in [5, 5.41) is 0. The number of para-hydroxylation sites is 4. The molecular formula is C53H43N7. The number of aromatic nitrogens is 7. The molecule has 0 aliphatic heterocycles. The van der Waals surface area contributed by atoms with Gasteiger partial charge in [0.15, 0.2) is 17.5 Å². The quantitative estimate of drug-likeness (QED) is 0.146. The highest BCUT2D eigenvalue weighted by molar-refractivity contribution is 5.90. The molecule has 10 rings (SSSR count). The Hall–Kier alpha value is -7.51. The molecule has 7 aromatic carbocycles. The molecule has 0 saturated heterocycles. The molecule has 0 bridgehead atoms. The maximum atomic E-state index is 5.35. The summed E-state index contributed by atoms with van der Waals surface area (Å²) in [7, 11) is 0. The van der Waals surface area contributed by atoms with Gasteiger partial charge in [-0.25, -0.2) is 24.9 Å². The maximum absolute atomic E-state index is 5.35. The summed E-state index contributed by atoms with van der Waals surface area (Å²) in [5.74, 6) is 4.16. The highest BCUT2D eigenvalue weighted by Gasteiger charge is 2.23. The Bertz CT molecular complexity index is 2950. The third-order valence-electron chi connectivity index (χ3n) is 11.2. The average molecular weight is 778 g/mol. The Morgan fingerprint density at radius 2 is 0.700 bits per heavy atom. The fraction of sp³-hybridized carbons (Fsp3) is 0.113. The van der Waals surface area contributed by atoms with Crippen molar-refractivity contribution < 1.29 is 0 Å². The van der Waals surface area contributed by atoms with Crippen molar-refractivity contribution in [3.8, 4) is 68.3 Å². The summed E-state index contributed by atoms with van der Waals surface area (Å²) in [6.45, 7) is 8.87. The molecule has 0 fully saturated rings. The molecule has 7 heteroatoms. The van der Waals surface area contributed by atoms with Crippen LogP contribution in [-0.2, 0) is 0 Å². The largest absolute Gasteiger partial charge is 0.292 e.